The molecular weight excluding hydrogens is 286 g/mol. The minimum Gasteiger partial charge on any atom is -0.394 e. The van der Waals surface area contributed by atoms with Crippen molar-refractivity contribution >= 4 is 0 Å². The molecule has 1 fully saturated rings. The van der Waals surface area contributed by atoms with E-state index >= 15 is 0 Å². The number of aliphatic hydroxyl groups is 3. The van der Waals surface area contributed by atoms with Gasteiger partial charge in [-0.25, -0.2) is 4.98 Å². The van der Waals surface area contributed by atoms with E-state index in [1.807, 2.05) is 6.07 Å². The highest BCUT2D eigenvalue weighted by Crippen LogP contribution is 2.30. The van der Waals surface area contributed by atoms with Gasteiger partial charge >= 0.3 is 0 Å². The Bertz CT molecular complexity index is 611. The van der Waals surface area contributed by atoms with Gasteiger partial charge in [-0.3, -0.25) is 4.57 Å². The maximum atomic E-state index is 10.1. The van der Waals surface area contributed by atoms with E-state index in [2.05, 4.69) is 23.7 Å². The Morgan fingerprint density at radius 3 is 2.77 bits per heavy atom. The maximum absolute atomic E-state index is 10.1. The second-order valence-corrected chi connectivity index (χ2v) is 5.10. The molecule has 1 aromatic heterocycles. The molecule has 0 unspecified atom stereocenters. The number of nitrogens with zero attached hydrogens (tertiary/aromatic N) is 3. The van der Waals surface area contributed by atoms with E-state index in [0.717, 1.165) is 12.8 Å². The van der Waals surface area contributed by atoms with Crippen LogP contribution in [0.4, 0.5) is 0 Å². The molecule has 22 heavy (non-hydrogen) atoms. The van der Waals surface area contributed by atoms with Crippen LogP contribution in [0, 0.1) is 23.2 Å². The van der Waals surface area contributed by atoms with Crippen molar-refractivity contribution in [3.63, 3.8) is 0 Å². The van der Waals surface area contributed by atoms with Crippen LogP contribution in [0.1, 0.15) is 43.8 Å². The zero-order chi connectivity index (χ0) is 16.1. The summed E-state index contributed by atoms with van der Waals surface area (Å²) < 4.78 is 6.87. The van der Waals surface area contributed by atoms with Crippen LogP contribution in [-0.4, -0.2) is 49.8 Å². The highest BCUT2D eigenvalue weighted by atomic mass is 16.6. The first-order chi connectivity index (χ1) is 10.6. The maximum Gasteiger partial charge on any atom is 0.174 e. The molecule has 0 amide bonds. The molecule has 0 saturated carbocycles. The van der Waals surface area contributed by atoms with Crippen LogP contribution in [0.2, 0.25) is 0 Å². The van der Waals surface area contributed by atoms with Gasteiger partial charge in [0, 0.05) is 6.42 Å². The fraction of sp³-hybridized carbons (Fsp3) is 0.600. The van der Waals surface area contributed by atoms with Crippen LogP contribution < -0.4 is 0 Å². The third kappa shape index (κ3) is 3.13. The van der Waals surface area contributed by atoms with Gasteiger partial charge in [0.1, 0.15) is 30.1 Å². The van der Waals surface area contributed by atoms with Crippen LogP contribution in [0.3, 0.4) is 0 Å². The van der Waals surface area contributed by atoms with Gasteiger partial charge in [0.15, 0.2) is 11.9 Å². The highest BCUT2D eigenvalue weighted by Gasteiger charge is 2.44. The number of imidazole rings is 1. The fourth-order valence-electron chi connectivity index (χ4n) is 2.28. The second-order valence-electron chi connectivity index (χ2n) is 5.10. The van der Waals surface area contributed by atoms with Crippen molar-refractivity contribution in [2.75, 3.05) is 6.61 Å². The number of unbranched alkanes of at least 4 members (excludes halogenated alkanes) is 2. The summed E-state index contributed by atoms with van der Waals surface area (Å²) in [5, 5.41) is 38.1. The van der Waals surface area contributed by atoms with Gasteiger partial charge in [-0.2, -0.15) is 5.26 Å². The molecule has 1 saturated heterocycles. The Morgan fingerprint density at radius 1 is 1.41 bits per heavy atom. The van der Waals surface area contributed by atoms with Crippen molar-refractivity contribution in [2.24, 2.45) is 0 Å². The number of hydrogen-bond acceptors (Lipinski definition) is 6. The molecule has 3 N–H and O–H groups in total. The SMILES string of the molecule is CCCCC#Cc1c(C#N)ncn1[C@@H]1O[C@H](CO)[C@@H](O)[C@H]1O. The second kappa shape index (κ2) is 7.39. The first-order valence-electron chi connectivity index (χ1n) is 7.22. The van der Waals surface area contributed by atoms with Crippen LogP contribution in [0.5, 0.6) is 0 Å². The van der Waals surface area contributed by atoms with E-state index in [1.165, 1.54) is 10.9 Å². The summed E-state index contributed by atoms with van der Waals surface area (Å²) in [6.45, 7) is 1.65. The molecule has 118 valence electrons. The molecule has 2 rings (SSSR count). The number of ether oxygens (including phenoxy) is 1. The minimum atomic E-state index is -1.23. The predicted octanol–water partition coefficient (Wildman–Crippen LogP) is -0.0920. The molecule has 0 aliphatic carbocycles. The van der Waals surface area contributed by atoms with Crippen molar-refractivity contribution in [1.82, 2.24) is 9.55 Å². The van der Waals surface area contributed by atoms with E-state index in [-0.39, 0.29) is 5.69 Å². The molecule has 1 aliphatic rings. The van der Waals surface area contributed by atoms with Gasteiger partial charge in [-0.15, -0.1) is 0 Å². The van der Waals surface area contributed by atoms with Crippen LogP contribution in [0.25, 0.3) is 0 Å². The summed E-state index contributed by atoms with van der Waals surface area (Å²) in [6.07, 6.45) is -0.222. The smallest absolute Gasteiger partial charge is 0.174 e. The Morgan fingerprint density at radius 2 is 2.18 bits per heavy atom. The monoisotopic (exact) mass is 305 g/mol. The van der Waals surface area contributed by atoms with Gasteiger partial charge in [0.05, 0.1) is 12.9 Å². The Kier molecular flexibility index (Phi) is 5.53. The van der Waals surface area contributed by atoms with Crippen molar-refractivity contribution in [3.05, 3.63) is 17.7 Å². The van der Waals surface area contributed by atoms with Crippen molar-refractivity contribution in [1.29, 1.82) is 5.26 Å². The predicted molar refractivity (Wildman–Crippen MR) is 76.4 cm³/mol. The normalized spacial score (nSPS) is 27.2. The van der Waals surface area contributed by atoms with Crippen LogP contribution in [0.15, 0.2) is 6.33 Å². The molecule has 2 heterocycles. The average molecular weight is 305 g/mol. The highest BCUT2D eigenvalue weighted by molar-refractivity contribution is 5.40. The minimum absolute atomic E-state index is 0.140. The lowest BCUT2D eigenvalue weighted by atomic mass is 10.1. The van der Waals surface area contributed by atoms with Gasteiger partial charge in [0.2, 0.25) is 0 Å². The molecule has 1 aliphatic heterocycles. The van der Waals surface area contributed by atoms with Gasteiger partial charge in [0.25, 0.3) is 0 Å². The summed E-state index contributed by atoms with van der Waals surface area (Å²) in [5.41, 5.74) is 0.482. The standard InChI is InChI=1S/C15H19N3O4/c1-2-3-4-5-6-11-10(7-16)17-9-18(11)15-14(21)13(20)12(8-19)22-15/h9,12-15,19-21H,2-4,8H2,1H3/t12-,13-,14-,15-/m1/s1. The Hall–Kier alpha value is -1.90. The molecule has 0 aromatic carbocycles. The summed E-state index contributed by atoms with van der Waals surface area (Å²) in [7, 11) is 0. The van der Waals surface area contributed by atoms with Crippen molar-refractivity contribution in [3.8, 4) is 17.9 Å². The van der Waals surface area contributed by atoms with E-state index in [1.54, 1.807) is 0 Å². The number of aromatic nitrogens is 2. The Labute approximate surface area is 128 Å². The third-order valence-electron chi connectivity index (χ3n) is 3.55. The quantitative estimate of drug-likeness (QED) is 0.529. The number of nitriles is 1. The molecule has 7 nitrogen and oxygen atoms in total. The summed E-state index contributed by atoms with van der Waals surface area (Å²) in [5.74, 6) is 5.85. The molecule has 0 bridgehead atoms. The van der Waals surface area contributed by atoms with E-state index in [9.17, 15) is 10.2 Å². The first kappa shape index (κ1) is 16.5. The fourth-order valence-corrected chi connectivity index (χ4v) is 2.28. The molecule has 0 spiro atoms. The van der Waals surface area contributed by atoms with E-state index in [4.69, 9.17) is 15.1 Å². The largest absolute Gasteiger partial charge is 0.394 e. The zero-order valence-corrected chi connectivity index (χ0v) is 12.3. The van der Waals surface area contributed by atoms with E-state index in [0.29, 0.717) is 12.1 Å². The topological polar surface area (TPSA) is 112 Å². The lowest BCUT2D eigenvalue weighted by Crippen LogP contribution is -2.33. The molecule has 7 heteroatoms. The molecule has 4 atom stereocenters. The third-order valence-corrected chi connectivity index (χ3v) is 3.55. The van der Waals surface area contributed by atoms with Crippen molar-refractivity contribution in [2.45, 2.75) is 50.7 Å². The first-order valence-corrected chi connectivity index (χ1v) is 7.22. The molecule has 0 radical (unpaired) electrons. The zero-order valence-electron chi connectivity index (χ0n) is 12.3. The van der Waals surface area contributed by atoms with E-state index < -0.39 is 31.1 Å². The summed E-state index contributed by atoms with van der Waals surface area (Å²) >= 11 is 0. The number of rotatable bonds is 4. The van der Waals surface area contributed by atoms with Gasteiger partial charge in [-0.05, 0) is 12.3 Å². The van der Waals surface area contributed by atoms with Crippen LogP contribution in [-0.2, 0) is 4.74 Å². The molecule has 1 aromatic rings. The molecular formula is C15H19N3O4. The number of aliphatic hydroxyl groups excluding tert-OH is 3. The van der Waals surface area contributed by atoms with Crippen LogP contribution >= 0.6 is 0 Å². The number of hydrogen-bond donors (Lipinski definition) is 3. The summed E-state index contributed by atoms with van der Waals surface area (Å²) in [4.78, 5) is 3.95. The van der Waals surface area contributed by atoms with Gasteiger partial charge in [-0.1, -0.05) is 19.3 Å². The summed E-state index contributed by atoms with van der Waals surface area (Å²) in [6, 6.07) is 1.95. The Balaban J connectivity index is 2.30. The average Bonchev–Trinajstić information content (AvgIpc) is 3.05. The lowest BCUT2D eigenvalue weighted by Gasteiger charge is -2.17. The van der Waals surface area contributed by atoms with Crippen molar-refractivity contribution < 1.29 is 20.1 Å². The lowest BCUT2D eigenvalue weighted by molar-refractivity contribution is -0.0531. The van der Waals surface area contributed by atoms with Gasteiger partial charge < -0.3 is 20.1 Å².